The van der Waals surface area contributed by atoms with Gasteiger partial charge in [-0.2, -0.15) is 0 Å². The maximum atomic E-state index is 10.7. The number of hydrogen-bond donors (Lipinski definition) is 0. The van der Waals surface area contributed by atoms with Crippen LogP contribution in [0.4, 0.5) is 0 Å². The zero-order chi connectivity index (χ0) is 9.28. The first-order valence-electron chi connectivity index (χ1n) is 3.94. The van der Waals surface area contributed by atoms with Crippen molar-refractivity contribution in [1.29, 1.82) is 0 Å². The summed E-state index contributed by atoms with van der Waals surface area (Å²) in [6, 6.07) is 0. The zero-order valence-corrected chi connectivity index (χ0v) is 8.43. The molecule has 0 aliphatic carbocycles. The molecule has 0 aliphatic rings. The van der Waals surface area contributed by atoms with Gasteiger partial charge in [0, 0.05) is 11.1 Å². The van der Waals surface area contributed by atoms with Crippen LogP contribution in [0.2, 0.25) is 0 Å². The number of nitrogens with zero attached hydrogens (tertiary/aromatic N) is 1. The van der Waals surface area contributed by atoms with Crippen LogP contribution in [0.25, 0.3) is 0 Å². The fraction of sp³-hybridized carbons (Fsp3) is 0.889. The lowest BCUT2D eigenvalue weighted by atomic mass is 9.97. The lowest BCUT2D eigenvalue weighted by Crippen LogP contribution is -2.51. The molecule has 1 amide bonds. The predicted octanol–water partition coefficient (Wildman–Crippen LogP) is 2.04. The first-order chi connectivity index (χ1) is 4.69. The van der Waals surface area contributed by atoms with Gasteiger partial charge in [-0.15, -0.1) is 0 Å². The summed E-state index contributed by atoms with van der Waals surface area (Å²) in [5.41, 5.74) is -0.167. The van der Waals surface area contributed by atoms with Gasteiger partial charge in [0.15, 0.2) is 0 Å². The normalized spacial score (nSPS) is 12.9. The monoisotopic (exact) mass is 157 g/mol. The van der Waals surface area contributed by atoms with Crippen molar-refractivity contribution in [3.05, 3.63) is 0 Å². The molecule has 0 unspecified atom stereocenters. The highest BCUT2D eigenvalue weighted by molar-refractivity contribution is 5.50. The molecule has 0 bridgehead atoms. The van der Waals surface area contributed by atoms with Crippen molar-refractivity contribution >= 4 is 6.41 Å². The van der Waals surface area contributed by atoms with Crippen LogP contribution in [0, 0.1) is 0 Å². The third-order valence-corrected chi connectivity index (χ3v) is 1.55. The van der Waals surface area contributed by atoms with E-state index in [0.717, 1.165) is 6.41 Å². The maximum absolute atomic E-state index is 10.7. The highest BCUT2D eigenvalue weighted by atomic mass is 16.1. The average molecular weight is 157 g/mol. The Morgan fingerprint density at radius 2 is 1.18 bits per heavy atom. The largest absolute Gasteiger partial charge is 0.336 e. The Morgan fingerprint density at radius 3 is 1.18 bits per heavy atom. The van der Waals surface area contributed by atoms with Gasteiger partial charge in [-0.3, -0.25) is 4.79 Å². The fourth-order valence-electron chi connectivity index (χ4n) is 1.32. The van der Waals surface area contributed by atoms with Crippen LogP contribution in [-0.4, -0.2) is 22.4 Å². The topological polar surface area (TPSA) is 20.3 Å². The van der Waals surface area contributed by atoms with Crippen molar-refractivity contribution in [1.82, 2.24) is 4.90 Å². The van der Waals surface area contributed by atoms with Gasteiger partial charge in [0.05, 0.1) is 0 Å². The van der Waals surface area contributed by atoms with Gasteiger partial charge in [0.25, 0.3) is 0 Å². The summed E-state index contributed by atoms with van der Waals surface area (Å²) in [5, 5.41) is 0. The second-order valence-corrected chi connectivity index (χ2v) is 4.82. The second kappa shape index (κ2) is 2.84. The molecular weight excluding hydrogens is 138 g/mol. The third-order valence-electron chi connectivity index (χ3n) is 1.55. The number of carbonyl (C=O) groups is 1. The van der Waals surface area contributed by atoms with Crippen molar-refractivity contribution in [2.75, 3.05) is 0 Å². The van der Waals surface area contributed by atoms with E-state index in [0.29, 0.717) is 0 Å². The first kappa shape index (κ1) is 10.5. The predicted molar refractivity (Wildman–Crippen MR) is 47.4 cm³/mol. The molecule has 0 aromatic carbocycles. The summed E-state index contributed by atoms with van der Waals surface area (Å²) in [6.07, 6.45) is 0.917. The zero-order valence-electron chi connectivity index (χ0n) is 8.43. The summed E-state index contributed by atoms with van der Waals surface area (Å²) in [4.78, 5) is 12.5. The van der Waals surface area contributed by atoms with Gasteiger partial charge < -0.3 is 4.90 Å². The van der Waals surface area contributed by atoms with Crippen molar-refractivity contribution in [2.45, 2.75) is 52.6 Å². The Labute approximate surface area is 69.6 Å². The molecule has 0 aromatic heterocycles. The molecule has 0 saturated carbocycles. The fourth-order valence-corrected chi connectivity index (χ4v) is 1.32. The highest BCUT2D eigenvalue weighted by Gasteiger charge is 2.29. The molecule has 0 aliphatic heterocycles. The first-order valence-corrected chi connectivity index (χ1v) is 3.94. The summed E-state index contributed by atoms with van der Waals surface area (Å²) in [5.74, 6) is 0. The lowest BCUT2D eigenvalue weighted by molar-refractivity contribution is -0.128. The van der Waals surface area contributed by atoms with E-state index in [-0.39, 0.29) is 11.1 Å². The van der Waals surface area contributed by atoms with Crippen molar-refractivity contribution in [2.24, 2.45) is 0 Å². The van der Waals surface area contributed by atoms with E-state index in [1.54, 1.807) is 0 Å². The van der Waals surface area contributed by atoms with Crippen LogP contribution in [0.3, 0.4) is 0 Å². The van der Waals surface area contributed by atoms with Gasteiger partial charge in [-0.25, -0.2) is 0 Å². The molecule has 0 heterocycles. The van der Waals surface area contributed by atoms with E-state index in [1.807, 2.05) is 46.4 Å². The van der Waals surface area contributed by atoms with Crippen LogP contribution in [0.15, 0.2) is 0 Å². The number of hydrogen-bond acceptors (Lipinski definition) is 1. The van der Waals surface area contributed by atoms with E-state index in [1.165, 1.54) is 0 Å². The maximum Gasteiger partial charge on any atom is 0.210 e. The summed E-state index contributed by atoms with van der Waals surface area (Å²) in [6.45, 7) is 12.2. The Balaban J connectivity index is 4.56. The highest BCUT2D eigenvalue weighted by Crippen LogP contribution is 2.21. The van der Waals surface area contributed by atoms with E-state index < -0.39 is 0 Å². The summed E-state index contributed by atoms with van der Waals surface area (Å²) in [7, 11) is 0. The molecule has 2 heteroatoms. The molecule has 0 N–H and O–H groups in total. The molecule has 11 heavy (non-hydrogen) atoms. The number of rotatable bonds is 1. The average Bonchev–Trinajstić information content (AvgIpc) is 1.56. The van der Waals surface area contributed by atoms with Gasteiger partial charge in [0.1, 0.15) is 0 Å². The van der Waals surface area contributed by atoms with Gasteiger partial charge >= 0.3 is 0 Å². The second-order valence-electron chi connectivity index (χ2n) is 4.82. The van der Waals surface area contributed by atoms with Gasteiger partial charge in [-0.05, 0) is 41.5 Å². The van der Waals surface area contributed by atoms with Crippen LogP contribution in [-0.2, 0) is 4.79 Å². The lowest BCUT2D eigenvalue weighted by Gasteiger charge is -2.42. The Hall–Kier alpha value is -0.530. The van der Waals surface area contributed by atoms with Gasteiger partial charge in [-0.1, -0.05) is 0 Å². The molecule has 0 spiro atoms. The van der Waals surface area contributed by atoms with Crippen LogP contribution in [0.5, 0.6) is 0 Å². The number of amides is 1. The Morgan fingerprint density at radius 1 is 0.909 bits per heavy atom. The minimum absolute atomic E-state index is 0.0833. The molecule has 0 atom stereocenters. The minimum Gasteiger partial charge on any atom is -0.336 e. The van der Waals surface area contributed by atoms with Crippen molar-refractivity contribution < 1.29 is 4.79 Å². The van der Waals surface area contributed by atoms with E-state index in [4.69, 9.17) is 0 Å². The smallest absolute Gasteiger partial charge is 0.210 e. The van der Waals surface area contributed by atoms with Gasteiger partial charge in [0.2, 0.25) is 6.41 Å². The number of carbonyl (C=O) groups excluding carboxylic acids is 1. The molecule has 66 valence electrons. The molecule has 0 saturated heterocycles. The van der Waals surface area contributed by atoms with Crippen LogP contribution < -0.4 is 0 Å². The SMILES string of the molecule is CC(C)(C)N(C=O)C(C)(C)C. The molecule has 2 nitrogen and oxygen atoms in total. The van der Waals surface area contributed by atoms with E-state index >= 15 is 0 Å². The van der Waals surface area contributed by atoms with Crippen molar-refractivity contribution in [3.8, 4) is 0 Å². The molecule has 0 aromatic rings. The minimum atomic E-state index is -0.0833. The third kappa shape index (κ3) is 2.91. The summed E-state index contributed by atoms with van der Waals surface area (Å²) < 4.78 is 0. The Bertz CT molecular complexity index is 125. The van der Waals surface area contributed by atoms with Crippen LogP contribution in [0.1, 0.15) is 41.5 Å². The van der Waals surface area contributed by atoms with E-state index in [2.05, 4.69) is 0 Å². The molecule has 0 radical (unpaired) electrons. The molecule has 0 rings (SSSR count). The quantitative estimate of drug-likeness (QED) is 0.533. The standard InChI is InChI=1S/C9H19NO/c1-8(2,3)10(7-11)9(4,5)6/h7H,1-6H3. The summed E-state index contributed by atoms with van der Waals surface area (Å²) >= 11 is 0. The van der Waals surface area contributed by atoms with Crippen LogP contribution >= 0.6 is 0 Å². The Kier molecular flexibility index (Phi) is 2.70. The molecular formula is C9H19NO. The van der Waals surface area contributed by atoms with Crippen molar-refractivity contribution in [3.63, 3.8) is 0 Å². The molecule has 0 fully saturated rings. The van der Waals surface area contributed by atoms with E-state index in [9.17, 15) is 4.79 Å².